The van der Waals surface area contributed by atoms with E-state index in [1.807, 2.05) is 6.92 Å². The number of rotatable bonds is 11. The minimum Gasteiger partial charge on any atom is -0.462 e. The summed E-state index contributed by atoms with van der Waals surface area (Å²) in [7, 11) is -2.26. The molecule has 0 spiro atoms. The van der Waals surface area contributed by atoms with Crippen LogP contribution in [-0.4, -0.2) is 50.6 Å². The van der Waals surface area contributed by atoms with Crippen molar-refractivity contribution >= 4 is 33.4 Å². The Kier molecular flexibility index (Phi) is 9.10. The van der Waals surface area contributed by atoms with Crippen molar-refractivity contribution in [1.82, 2.24) is 4.31 Å². The van der Waals surface area contributed by atoms with Crippen molar-refractivity contribution in [2.24, 2.45) is 0 Å². The molecular weight excluding hydrogens is 432 g/mol. The summed E-state index contributed by atoms with van der Waals surface area (Å²) in [4.78, 5) is 35.4. The van der Waals surface area contributed by atoms with Crippen molar-refractivity contribution in [1.29, 1.82) is 0 Å². The predicted octanol–water partition coefficient (Wildman–Crippen LogP) is 3.50. The van der Waals surface area contributed by atoms with E-state index in [9.17, 15) is 22.8 Å². The summed E-state index contributed by atoms with van der Waals surface area (Å²) in [6, 6.07) is 12.1. The average Bonchev–Trinajstić information content (AvgIpc) is 2.77. The van der Waals surface area contributed by atoms with Crippen LogP contribution in [0.3, 0.4) is 0 Å². The number of hydrogen-bond donors (Lipinski definition) is 1. The van der Waals surface area contributed by atoms with E-state index in [1.54, 1.807) is 24.3 Å². The Balaban J connectivity index is 1.84. The van der Waals surface area contributed by atoms with Crippen LogP contribution in [-0.2, 0) is 19.6 Å². The molecule has 0 unspecified atom stereocenters. The highest BCUT2D eigenvalue weighted by Gasteiger charge is 2.20. The lowest BCUT2D eigenvalue weighted by molar-refractivity contribution is -0.116. The number of nitrogens with zero attached hydrogens (tertiary/aromatic N) is 1. The van der Waals surface area contributed by atoms with Gasteiger partial charge in [0, 0.05) is 31.3 Å². The summed E-state index contributed by atoms with van der Waals surface area (Å²) in [5.41, 5.74) is 1.38. The number of amides is 1. The molecule has 0 saturated carbocycles. The van der Waals surface area contributed by atoms with Crippen LogP contribution in [0.5, 0.6) is 0 Å². The van der Waals surface area contributed by atoms with E-state index in [0.717, 1.165) is 6.42 Å². The number of anilines is 1. The largest absolute Gasteiger partial charge is 0.462 e. The normalized spacial score (nSPS) is 11.2. The van der Waals surface area contributed by atoms with Gasteiger partial charge in [0.25, 0.3) is 0 Å². The van der Waals surface area contributed by atoms with Gasteiger partial charge in [-0.05, 0) is 56.2 Å². The third kappa shape index (κ3) is 7.00. The van der Waals surface area contributed by atoms with Gasteiger partial charge in [-0.3, -0.25) is 9.59 Å². The number of carbonyl (C=O) groups is 3. The van der Waals surface area contributed by atoms with E-state index in [4.69, 9.17) is 4.74 Å². The Morgan fingerprint density at radius 2 is 1.56 bits per heavy atom. The minimum absolute atomic E-state index is 0.0898. The first-order chi connectivity index (χ1) is 15.1. The summed E-state index contributed by atoms with van der Waals surface area (Å²) in [5.74, 6) is -0.813. The van der Waals surface area contributed by atoms with E-state index in [2.05, 4.69) is 5.32 Å². The van der Waals surface area contributed by atoms with E-state index in [0.29, 0.717) is 29.8 Å². The number of hydrogen-bond acceptors (Lipinski definition) is 6. The SMILES string of the molecule is CCCOC(=O)c1ccc(NC(=O)CCCN(C)S(=O)(=O)c2ccc(C(C)=O)cc2)cc1. The number of ether oxygens (including phenoxy) is 1. The molecule has 1 N–H and O–H groups in total. The number of benzene rings is 2. The number of esters is 1. The lowest BCUT2D eigenvalue weighted by Crippen LogP contribution is -2.28. The third-order valence-electron chi connectivity index (χ3n) is 4.69. The molecule has 2 rings (SSSR count). The van der Waals surface area contributed by atoms with Gasteiger partial charge in [-0.25, -0.2) is 17.5 Å². The maximum absolute atomic E-state index is 12.6. The summed E-state index contributed by atoms with van der Waals surface area (Å²) in [6.45, 7) is 3.83. The van der Waals surface area contributed by atoms with E-state index < -0.39 is 16.0 Å². The molecule has 0 aliphatic heterocycles. The molecule has 0 heterocycles. The first-order valence-electron chi connectivity index (χ1n) is 10.3. The Morgan fingerprint density at radius 1 is 0.969 bits per heavy atom. The van der Waals surface area contributed by atoms with Crippen molar-refractivity contribution in [3.63, 3.8) is 0 Å². The van der Waals surface area contributed by atoms with Crippen LogP contribution in [0.4, 0.5) is 5.69 Å². The quantitative estimate of drug-likeness (QED) is 0.406. The smallest absolute Gasteiger partial charge is 0.338 e. The highest BCUT2D eigenvalue weighted by Crippen LogP contribution is 2.16. The highest BCUT2D eigenvalue weighted by atomic mass is 32.2. The fraction of sp³-hybridized carbons (Fsp3) is 0.348. The number of nitrogens with one attached hydrogen (secondary N) is 1. The molecule has 0 fully saturated rings. The lowest BCUT2D eigenvalue weighted by atomic mass is 10.2. The molecule has 0 saturated heterocycles. The number of carbonyl (C=O) groups excluding carboxylic acids is 3. The Labute approximate surface area is 188 Å². The zero-order valence-corrected chi connectivity index (χ0v) is 19.3. The summed E-state index contributed by atoms with van der Waals surface area (Å²) in [6.07, 6.45) is 1.19. The topological polar surface area (TPSA) is 110 Å². The summed E-state index contributed by atoms with van der Waals surface area (Å²) in [5, 5.41) is 2.72. The molecule has 2 aromatic rings. The Hall–Kier alpha value is -3.04. The van der Waals surface area contributed by atoms with Gasteiger partial charge in [0.2, 0.25) is 15.9 Å². The second-order valence-corrected chi connectivity index (χ2v) is 9.32. The van der Waals surface area contributed by atoms with Gasteiger partial charge in [0.15, 0.2) is 5.78 Å². The maximum Gasteiger partial charge on any atom is 0.338 e. The number of ketones is 1. The number of Topliss-reactive ketones (excluding diaryl/α,β-unsaturated/α-hetero) is 1. The molecule has 0 aliphatic rings. The van der Waals surface area contributed by atoms with E-state index in [1.165, 1.54) is 42.5 Å². The molecule has 8 nitrogen and oxygen atoms in total. The van der Waals surface area contributed by atoms with Gasteiger partial charge in [-0.2, -0.15) is 0 Å². The molecule has 0 bridgehead atoms. The second-order valence-electron chi connectivity index (χ2n) is 7.27. The molecule has 2 aromatic carbocycles. The molecule has 1 amide bonds. The monoisotopic (exact) mass is 460 g/mol. The zero-order chi connectivity index (χ0) is 23.7. The van der Waals surface area contributed by atoms with Crippen LogP contribution in [0.15, 0.2) is 53.4 Å². The van der Waals surface area contributed by atoms with Crippen LogP contribution >= 0.6 is 0 Å². The van der Waals surface area contributed by atoms with Gasteiger partial charge in [0.1, 0.15) is 0 Å². The predicted molar refractivity (Wildman–Crippen MR) is 121 cm³/mol. The highest BCUT2D eigenvalue weighted by molar-refractivity contribution is 7.89. The van der Waals surface area contributed by atoms with Crippen LogP contribution < -0.4 is 5.32 Å². The van der Waals surface area contributed by atoms with Crippen molar-refractivity contribution in [3.05, 3.63) is 59.7 Å². The first-order valence-corrected chi connectivity index (χ1v) is 11.7. The van der Waals surface area contributed by atoms with Crippen molar-refractivity contribution in [2.45, 2.75) is 38.0 Å². The van der Waals surface area contributed by atoms with Gasteiger partial charge in [-0.15, -0.1) is 0 Å². The van der Waals surface area contributed by atoms with Gasteiger partial charge >= 0.3 is 5.97 Å². The first kappa shape index (κ1) is 25.2. The van der Waals surface area contributed by atoms with E-state index in [-0.39, 0.29) is 29.6 Å². The van der Waals surface area contributed by atoms with Crippen LogP contribution in [0.1, 0.15) is 53.8 Å². The second kappa shape index (κ2) is 11.5. The van der Waals surface area contributed by atoms with Crippen molar-refractivity contribution in [3.8, 4) is 0 Å². The Bertz CT molecular complexity index is 1050. The molecule has 0 aromatic heterocycles. The minimum atomic E-state index is -3.71. The van der Waals surface area contributed by atoms with Gasteiger partial charge in [-0.1, -0.05) is 19.1 Å². The lowest BCUT2D eigenvalue weighted by Gasteiger charge is -2.17. The molecule has 9 heteroatoms. The fourth-order valence-electron chi connectivity index (χ4n) is 2.82. The number of sulfonamides is 1. The third-order valence-corrected chi connectivity index (χ3v) is 6.56. The van der Waals surface area contributed by atoms with Crippen molar-refractivity contribution in [2.75, 3.05) is 25.5 Å². The molecular formula is C23H28N2O6S. The maximum atomic E-state index is 12.6. The molecule has 0 atom stereocenters. The standard InChI is InChI=1S/C23H28N2O6S/c1-4-16-31-23(28)19-7-11-20(12-8-19)24-22(27)6-5-15-25(3)32(29,30)21-13-9-18(10-14-21)17(2)26/h7-14H,4-6,15-16H2,1-3H3,(H,24,27). The van der Waals surface area contributed by atoms with Crippen LogP contribution in [0, 0.1) is 0 Å². The molecule has 172 valence electrons. The average molecular weight is 461 g/mol. The van der Waals surface area contributed by atoms with Crippen LogP contribution in [0.2, 0.25) is 0 Å². The van der Waals surface area contributed by atoms with Gasteiger partial charge < -0.3 is 10.1 Å². The van der Waals surface area contributed by atoms with E-state index >= 15 is 0 Å². The fourth-order valence-corrected chi connectivity index (χ4v) is 4.02. The molecule has 0 radical (unpaired) electrons. The Morgan fingerprint density at radius 3 is 2.12 bits per heavy atom. The summed E-state index contributed by atoms with van der Waals surface area (Å²) < 4.78 is 31.5. The van der Waals surface area contributed by atoms with Crippen molar-refractivity contribution < 1.29 is 27.5 Å². The molecule has 0 aliphatic carbocycles. The molecule has 32 heavy (non-hydrogen) atoms. The van der Waals surface area contributed by atoms with Crippen LogP contribution in [0.25, 0.3) is 0 Å². The zero-order valence-electron chi connectivity index (χ0n) is 18.5. The summed E-state index contributed by atoms with van der Waals surface area (Å²) >= 11 is 0. The van der Waals surface area contributed by atoms with Gasteiger partial charge in [0.05, 0.1) is 17.1 Å².